The summed E-state index contributed by atoms with van der Waals surface area (Å²) in [5, 5.41) is 0. The summed E-state index contributed by atoms with van der Waals surface area (Å²) in [4.78, 5) is 0. The highest BCUT2D eigenvalue weighted by atomic mass is 15.0. The van der Waals surface area contributed by atoms with Gasteiger partial charge in [0.1, 0.15) is 0 Å². The molecule has 0 aliphatic heterocycles. The smallest absolute Gasteiger partial charge is 0.0400 e. The van der Waals surface area contributed by atoms with Crippen molar-refractivity contribution in [1.29, 1.82) is 0 Å². The van der Waals surface area contributed by atoms with Crippen molar-refractivity contribution in [3.8, 4) is 0 Å². The maximum atomic E-state index is 3.77. The average Bonchev–Trinajstić information content (AvgIpc) is 2.52. The van der Waals surface area contributed by atoms with E-state index >= 15 is 0 Å². The Hall–Kier alpha value is -1.50. The molecule has 0 aromatic carbocycles. The lowest BCUT2D eigenvalue weighted by Crippen LogP contribution is -2.01. The Labute approximate surface area is 86.1 Å². The van der Waals surface area contributed by atoms with Gasteiger partial charge < -0.3 is 4.57 Å². The summed E-state index contributed by atoms with van der Waals surface area (Å²) in [5.41, 5.74) is 2.65. The predicted molar refractivity (Wildman–Crippen MR) is 62.4 cm³/mol. The van der Waals surface area contributed by atoms with E-state index in [1.807, 2.05) is 18.2 Å². The van der Waals surface area contributed by atoms with Gasteiger partial charge >= 0.3 is 0 Å². The van der Waals surface area contributed by atoms with Crippen LogP contribution in [0.5, 0.6) is 0 Å². The first-order valence-corrected chi connectivity index (χ1v) is 4.83. The standard InChI is InChI=1S/C13H17N/c1-4-7-12-9-11-14(10-6-3)13(12)8-5-2/h4-6,9,11H,1-3,7-8,10H2. The van der Waals surface area contributed by atoms with Crippen LogP contribution in [0.2, 0.25) is 0 Å². The minimum atomic E-state index is 0.861. The van der Waals surface area contributed by atoms with Crippen LogP contribution in [0.4, 0.5) is 0 Å². The third-order valence-corrected chi connectivity index (χ3v) is 2.20. The van der Waals surface area contributed by atoms with Crippen molar-refractivity contribution in [2.75, 3.05) is 0 Å². The van der Waals surface area contributed by atoms with Gasteiger partial charge in [0.2, 0.25) is 0 Å². The van der Waals surface area contributed by atoms with E-state index < -0.39 is 0 Å². The number of allylic oxidation sites excluding steroid dienone is 3. The Morgan fingerprint density at radius 3 is 2.36 bits per heavy atom. The molecular weight excluding hydrogens is 170 g/mol. The van der Waals surface area contributed by atoms with E-state index in [2.05, 4.69) is 36.6 Å². The molecule has 0 unspecified atom stereocenters. The van der Waals surface area contributed by atoms with Gasteiger partial charge in [-0.05, 0) is 18.1 Å². The molecule has 1 nitrogen and oxygen atoms in total. The average molecular weight is 187 g/mol. The summed E-state index contributed by atoms with van der Waals surface area (Å²) in [6.45, 7) is 12.1. The number of aromatic nitrogens is 1. The van der Waals surface area contributed by atoms with Crippen molar-refractivity contribution < 1.29 is 0 Å². The van der Waals surface area contributed by atoms with Gasteiger partial charge in [-0.1, -0.05) is 18.2 Å². The molecule has 0 spiro atoms. The minimum absolute atomic E-state index is 0.861. The maximum absolute atomic E-state index is 3.77. The molecule has 1 heteroatoms. The van der Waals surface area contributed by atoms with Crippen LogP contribution >= 0.6 is 0 Å². The van der Waals surface area contributed by atoms with Crippen LogP contribution in [0.1, 0.15) is 11.3 Å². The SMILES string of the molecule is C=CCc1ccn(CC=C)c1CC=C. The van der Waals surface area contributed by atoms with Crippen LogP contribution in [-0.2, 0) is 19.4 Å². The topological polar surface area (TPSA) is 4.93 Å². The van der Waals surface area contributed by atoms with Gasteiger partial charge in [0.05, 0.1) is 0 Å². The fraction of sp³-hybridized carbons (Fsp3) is 0.231. The Kier molecular flexibility index (Phi) is 3.99. The molecule has 0 N–H and O–H groups in total. The van der Waals surface area contributed by atoms with Crippen molar-refractivity contribution in [3.05, 3.63) is 61.5 Å². The van der Waals surface area contributed by atoms with E-state index in [1.54, 1.807) is 0 Å². The Morgan fingerprint density at radius 1 is 1.07 bits per heavy atom. The van der Waals surface area contributed by atoms with Crippen LogP contribution in [0, 0.1) is 0 Å². The van der Waals surface area contributed by atoms with Crippen LogP contribution in [0.15, 0.2) is 50.2 Å². The monoisotopic (exact) mass is 187 g/mol. The molecule has 74 valence electrons. The lowest BCUT2D eigenvalue weighted by Gasteiger charge is -2.06. The van der Waals surface area contributed by atoms with Crippen LogP contribution < -0.4 is 0 Å². The summed E-state index contributed by atoms with van der Waals surface area (Å²) in [5.74, 6) is 0. The summed E-state index contributed by atoms with van der Waals surface area (Å²) in [6, 6.07) is 2.14. The van der Waals surface area contributed by atoms with Crippen LogP contribution in [-0.4, -0.2) is 4.57 Å². The van der Waals surface area contributed by atoms with Gasteiger partial charge in [0.25, 0.3) is 0 Å². The molecule has 1 rings (SSSR count). The van der Waals surface area contributed by atoms with E-state index in [0.29, 0.717) is 0 Å². The summed E-state index contributed by atoms with van der Waals surface area (Å²) in [7, 11) is 0. The number of hydrogen-bond donors (Lipinski definition) is 0. The fourth-order valence-electron chi connectivity index (χ4n) is 1.59. The van der Waals surface area contributed by atoms with E-state index in [4.69, 9.17) is 0 Å². The Bertz CT molecular complexity index is 304. The third-order valence-electron chi connectivity index (χ3n) is 2.20. The molecule has 1 aromatic rings. The zero-order valence-corrected chi connectivity index (χ0v) is 8.58. The first kappa shape index (κ1) is 10.6. The van der Waals surface area contributed by atoms with Gasteiger partial charge in [-0.25, -0.2) is 0 Å². The summed E-state index contributed by atoms with van der Waals surface area (Å²) < 4.78 is 2.20. The highest BCUT2D eigenvalue weighted by Gasteiger charge is 2.04. The first-order valence-electron chi connectivity index (χ1n) is 4.83. The highest BCUT2D eigenvalue weighted by Crippen LogP contribution is 2.13. The van der Waals surface area contributed by atoms with Gasteiger partial charge in [-0.2, -0.15) is 0 Å². The molecule has 1 heterocycles. The number of rotatable bonds is 6. The van der Waals surface area contributed by atoms with Crippen molar-refractivity contribution in [2.45, 2.75) is 19.4 Å². The van der Waals surface area contributed by atoms with E-state index in [0.717, 1.165) is 19.4 Å². The molecular formula is C13H17N. The zero-order chi connectivity index (χ0) is 10.4. The molecule has 1 aromatic heterocycles. The van der Waals surface area contributed by atoms with Crippen molar-refractivity contribution in [1.82, 2.24) is 4.57 Å². The number of hydrogen-bond acceptors (Lipinski definition) is 0. The zero-order valence-electron chi connectivity index (χ0n) is 8.58. The Balaban J connectivity index is 2.98. The lowest BCUT2D eigenvalue weighted by atomic mass is 10.1. The molecule has 14 heavy (non-hydrogen) atoms. The molecule has 0 aliphatic carbocycles. The molecule has 0 saturated carbocycles. The highest BCUT2D eigenvalue weighted by molar-refractivity contribution is 5.26. The summed E-state index contributed by atoms with van der Waals surface area (Å²) in [6.07, 6.45) is 9.70. The molecule has 0 fully saturated rings. The van der Waals surface area contributed by atoms with E-state index in [-0.39, 0.29) is 0 Å². The van der Waals surface area contributed by atoms with E-state index in [9.17, 15) is 0 Å². The van der Waals surface area contributed by atoms with Gasteiger partial charge in [0.15, 0.2) is 0 Å². The molecule has 0 bridgehead atoms. The lowest BCUT2D eigenvalue weighted by molar-refractivity contribution is 0.776. The minimum Gasteiger partial charge on any atom is -0.347 e. The van der Waals surface area contributed by atoms with Gasteiger partial charge in [-0.3, -0.25) is 0 Å². The Morgan fingerprint density at radius 2 is 1.79 bits per heavy atom. The van der Waals surface area contributed by atoms with Crippen molar-refractivity contribution in [2.24, 2.45) is 0 Å². The van der Waals surface area contributed by atoms with Crippen molar-refractivity contribution >= 4 is 0 Å². The predicted octanol–water partition coefficient (Wildman–Crippen LogP) is 3.13. The molecule has 0 radical (unpaired) electrons. The molecule has 0 aliphatic rings. The second kappa shape index (κ2) is 5.28. The van der Waals surface area contributed by atoms with Gasteiger partial charge in [0, 0.05) is 24.9 Å². The van der Waals surface area contributed by atoms with Crippen LogP contribution in [0.25, 0.3) is 0 Å². The van der Waals surface area contributed by atoms with Gasteiger partial charge in [-0.15, -0.1) is 19.7 Å². The third kappa shape index (κ3) is 2.25. The quantitative estimate of drug-likeness (QED) is 0.603. The maximum Gasteiger partial charge on any atom is 0.0400 e. The normalized spacial score (nSPS) is 9.71. The summed E-state index contributed by atoms with van der Waals surface area (Å²) >= 11 is 0. The first-order chi connectivity index (χ1) is 6.83. The molecule has 0 amide bonds. The van der Waals surface area contributed by atoms with Crippen LogP contribution in [0.3, 0.4) is 0 Å². The second-order valence-electron chi connectivity index (χ2n) is 3.21. The van der Waals surface area contributed by atoms with E-state index in [1.165, 1.54) is 11.3 Å². The molecule has 0 atom stereocenters. The van der Waals surface area contributed by atoms with Crippen molar-refractivity contribution in [3.63, 3.8) is 0 Å². The largest absolute Gasteiger partial charge is 0.347 e. The number of nitrogens with zero attached hydrogens (tertiary/aromatic N) is 1. The second-order valence-corrected chi connectivity index (χ2v) is 3.21. The molecule has 0 saturated heterocycles. The fourth-order valence-corrected chi connectivity index (χ4v) is 1.59.